The van der Waals surface area contributed by atoms with Gasteiger partial charge >= 0.3 is 0 Å². The van der Waals surface area contributed by atoms with E-state index in [1.807, 2.05) is 12.1 Å². The summed E-state index contributed by atoms with van der Waals surface area (Å²) in [7, 11) is 2.14. The molecule has 0 radical (unpaired) electrons. The molecule has 0 fully saturated rings. The summed E-state index contributed by atoms with van der Waals surface area (Å²) in [6, 6.07) is 6.32. The van der Waals surface area contributed by atoms with Crippen molar-refractivity contribution in [1.82, 2.24) is 0 Å². The average Bonchev–Trinajstić information content (AvgIpc) is 2.41. The Morgan fingerprint density at radius 3 is 2.63 bits per heavy atom. The van der Waals surface area contributed by atoms with Crippen LogP contribution in [0.1, 0.15) is 45.1 Å². The van der Waals surface area contributed by atoms with Crippen LogP contribution >= 0.6 is 11.6 Å². The summed E-state index contributed by atoms with van der Waals surface area (Å²) in [5.41, 5.74) is 8.51. The fourth-order valence-electron chi connectivity index (χ4n) is 2.23. The fourth-order valence-corrected chi connectivity index (χ4v) is 2.48. The molecule has 0 spiro atoms. The topological polar surface area (TPSA) is 29.3 Å². The molecule has 0 amide bonds. The van der Waals surface area contributed by atoms with Crippen LogP contribution in [-0.2, 0) is 6.42 Å². The van der Waals surface area contributed by atoms with Gasteiger partial charge in [-0.15, -0.1) is 0 Å². The minimum Gasteiger partial charge on any atom is -0.374 e. The Kier molecular flexibility index (Phi) is 7.25. The highest BCUT2D eigenvalue weighted by Crippen LogP contribution is 2.28. The number of hydrogen-bond donors (Lipinski definition) is 1. The van der Waals surface area contributed by atoms with Crippen LogP contribution in [-0.4, -0.2) is 19.6 Å². The first-order chi connectivity index (χ1) is 9.10. The maximum Gasteiger partial charge on any atom is 0.0459 e. The summed E-state index contributed by atoms with van der Waals surface area (Å²) in [6.07, 6.45) is 5.57. The van der Waals surface area contributed by atoms with E-state index in [2.05, 4.69) is 31.9 Å². The SMILES string of the molecule is CCCCCN(C)c1cccc(Cl)c1CC(N)CC. The van der Waals surface area contributed by atoms with Crippen LogP contribution in [0.15, 0.2) is 18.2 Å². The van der Waals surface area contributed by atoms with Gasteiger partial charge in [0.2, 0.25) is 0 Å². The maximum absolute atomic E-state index is 6.35. The molecule has 0 aliphatic heterocycles. The highest BCUT2D eigenvalue weighted by Gasteiger charge is 2.13. The number of hydrogen-bond acceptors (Lipinski definition) is 2. The normalized spacial score (nSPS) is 12.5. The molecule has 0 aliphatic rings. The lowest BCUT2D eigenvalue weighted by atomic mass is 10.0. The zero-order chi connectivity index (χ0) is 14.3. The molecule has 1 rings (SSSR count). The Bertz CT molecular complexity index is 379. The van der Waals surface area contributed by atoms with Gasteiger partial charge in [-0.3, -0.25) is 0 Å². The summed E-state index contributed by atoms with van der Waals surface area (Å²) in [4.78, 5) is 2.30. The molecular weight excluding hydrogens is 256 g/mol. The van der Waals surface area contributed by atoms with Crippen LogP contribution in [0.4, 0.5) is 5.69 Å². The van der Waals surface area contributed by atoms with E-state index in [0.29, 0.717) is 0 Å². The van der Waals surface area contributed by atoms with Crippen LogP contribution in [0.25, 0.3) is 0 Å². The lowest BCUT2D eigenvalue weighted by Gasteiger charge is -2.24. The molecule has 108 valence electrons. The molecule has 19 heavy (non-hydrogen) atoms. The number of nitrogens with two attached hydrogens (primary N) is 1. The lowest BCUT2D eigenvalue weighted by molar-refractivity contribution is 0.643. The van der Waals surface area contributed by atoms with Gasteiger partial charge in [0.1, 0.15) is 0 Å². The molecule has 2 nitrogen and oxygen atoms in total. The Hall–Kier alpha value is -0.730. The Morgan fingerprint density at radius 2 is 2.00 bits per heavy atom. The van der Waals surface area contributed by atoms with Gasteiger partial charge in [-0.05, 0) is 37.0 Å². The van der Waals surface area contributed by atoms with Crippen molar-refractivity contribution in [2.75, 3.05) is 18.5 Å². The first kappa shape index (κ1) is 16.3. The van der Waals surface area contributed by atoms with Crippen molar-refractivity contribution in [3.63, 3.8) is 0 Å². The van der Waals surface area contributed by atoms with E-state index in [4.69, 9.17) is 17.3 Å². The molecular formula is C16H27ClN2. The standard InChI is InChI=1S/C16H27ClN2/c1-4-6-7-11-19(3)16-10-8-9-15(17)14(16)12-13(18)5-2/h8-10,13H,4-7,11-12,18H2,1-3H3. The highest BCUT2D eigenvalue weighted by molar-refractivity contribution is 6.31. The van der Waals surface area contributed by atoms with Gasteiger partial charge in [0.05, 0.1) is 0 Å². The van der Waals surface area contributed by atoms with Crippen LogP contribution in [0, 0.1) is 0 Å². The number of unbranched alkanes of at least 4 members (excludes halogenated alkanes) is 2. The monoisotopic (exact) mass is 282 g/mol. The third kappa shape index (κ3) is 5.04. The Labute approximate surface area is 122 Å². The predicted octanol–water partition coefficient (Wildman–Crippen LogP) is 4.25. The first-order valence-electron chi connectivity index (χ1n) is 7.34. The zero-order valence-electron chi connectivity index (χ0n) is 12.5. The summed E-state index contributed by atoms with van der Waals surface area (Å²) in [5, 5.41) is 0.837. The van der Waals surface area contributed by atoms with E-state index >= 15 is 0 Å². The van der Waals surface area contributed by atoms with Gasteiger partial charge < -0.3 is 10.6 Å². The molecule has 1 atom stereocenters. The van der Waals surface area contributed by atoms with Crippen LogP contribution < -0.4 is 10.6 Å². The van der Waals surface area contributed by atoms with Crippen LogP contribution in [0.5, 0.6) is 0 Å². The van der Waals surface area contributed by atoms with E-state index in [0.717, 1.165) is 24.4 Å². The van der Waals surface area contributed by atoms with E-state index in [1.165, 1.54) is 30.5 Å². The van der Waals surface area contributed by atoms with Crippen molar-refractivity contribution in [2.24, 2.45) is 5.73 Å². The Balaban J connectivity index is 2.83. The maximum atomic E-state index is 6.35. The molecule has 0 saturated heterocycles. The highest BCUT2D eigenvalue weighted by atomic mass is 35.5. The second-order valence-electron chi connectivity index (χ2n) is 5.24. The van der Waals surface area contributed by atoms with Crippen LogP contribution in [0.2, 0.25) is 5.02 Å². The molecule has 1 aromatic carbocycles. The van der Waals surface area contributed by atoms with Gasteiger partial charge in [-0.2, -0.15) is 0 Å². The number of anilines is 1. The molecule has 1 aromatic rings. The molecule has 1 unspecified atom stereocenters. The van der Waals surface area contributed by atoms with E-state index < -0.39 is 0 Å². The summed E-state index contributed by atoms with van der Waals surface area (Å²) < 4.78 is 0. The summed E-state index contributed by atoms with van der Waals surface area (Å²) in [5.74, 6) is 0. The van der Waals surface area contributed by atoms with Gasteiger partial charge in [0.25, 0.3) is 0 Å². The quantitative estimate of drug-likeness (QED) is 0.723. The van der Waals surface area contributed by atoms with E-state index in [9.17, 15) is 0 Å². The first-order valence-corrected chi connectivity index (χ1v) is 7.72. The second kappa shape index (κ2) is 8.44. The van der Waals surface area contributed by atoms with Crippen molar-refractivity contribution in [3.8, 4) is 0 Å². The van der Waals surface area contributed by atoms with Crippen molar-refractivity contribution in [2.45, 2.75) is 52.0 Å². The van der Waals surface area contributed by atoms with E-state index in [-0.39, 0.29) is 6.04 Å². The van der Waals surface area contributed by atoms with Gasteiger partial charge in [-0.1, -0.05) is 44.4 Å². The molecule has 0 bridgehead atoms. The minimum atomic E-state index is 0.183. The fraction of sp³-hybridized carbons (Fsp3) is 0.625. The van der Waals surface area contributed by atoms with Crippen LogP contribution in [0.3, 0.4) is 0 Å². The van der Waals surface area contributed by atoms with Crippen molar-refractivity contribution >= 4 is 17.3 Å². The molecule has 3 heteroatoms. The van der Waals surface area contributed by atoms with Crippen molar-refractivity contribution < 1.29 is 0 Å². The predicted molar refractivity (Wildman–Crippen MR) is 86.2 cm³/mol. The van der Waals surface area contributed by atoms with Gasteiger partial charge in [0, 0.05) is 30.3 Å². The number of rotatable bonds is 8. The largest absolute Gasteiger partial charge is 0.374 e. The molecule has 0 aliphatic carbocycles. The lowest BCUT2D eigenvalue weighted by Crippen LogP contribution is -2.25. The smallest absolute Gasteiger partial charge is 0.0459 e. The Morgan fingerprint density at radius 1 is 1.26 bits per heavy atom. The van der Waals surface area contributed by atoms with Gasteiger partial charge in [0.15, 0.2) is 0 Å². The number of benzene rings is 1. The average molecular weight is 283 g/mol. The number of nitrogens with zero attached hydrogens (tertiary/aromatic N) is 1. The molecule has 0 heterocycles. The molecule has 2 N–H and O–H groups in total. The van der Waals surface area contributed by atoms with Gasteiger partial charge in [-0.25, -0.2) is 0 Å². The minimum absolute atomic E-state index is 0.183. The third-order valence-corrected chi connectivity index (χ3v) is 3.95. The summed E-state index contributed by atoms with van der Waals surface area (Å²) >= 11 is 6.35. The van der Waals surface area contributed by atoms with E-state index in [1.54, 1.807) is 0 Å². The molecule has 0 aromatic heterocycles. The third-order valence-electron chi connectivity index (χ3n) is 3.59. The van der Waals surface area contributed by atoms with Crippen molar-refractivity contribution in [1.29, 1.82) is 0 Å². The second-order valence-corrected chi connectivity index (χ2v) is 5.65. The number of halogens is 1. The summed E-state index contributed by atoms with van der Waals surface area (Å²) in [6.45, 7) is 5.42. The zero-order valence-corrected chi connectivity index (χ0v) is 13.2. The van der Waals surface area contributed by atoms with Crippen molar-refractivity contribution in [3.05, 3.63) is 28.8 Å². The molecule has 0 saturated carbocycles.